The molecule has 2 heterocycles. The van der Waals surface area contributed by atoms with E-state index in [2.05, 4.69) is 27.2 Å². The Labute approximate surface area is 90.5 Å². The molecule has 1 N–H and O–H groups in total. The summed E-state index contributed by atoms with van der Waals surface area (Å²) in [6.45, 7) is 8.41. The third-order valence-corrected chi connectivity index (χ3v) is 2.79. The molecule has 1 aromatic heterocycles. The summed E-state index contributed by atoms with van der Waals surface area (Å²) in [5.74, 6) is 1.08. The molecule has 0 unspecified atom stereocenters. The molecule has 1 aliphatic heterocycles. The topological polar surface area (TPSA) is 46.0 Å². The van der Waals surface area contributed by atoms with Crippen molar-refractivity contribution in [2.45, 2.75) is 26.4 Å². The molecule has 2 rings (SSSR count). The van der Waals surface area contributed by atoms with Crippen molar-refractivity contribution in [2.24, 2.45) is 0 Å². The van der Waals surface area contributed by atoms with Crippen LogP contribution in [0.3, 0.4) is 0 Å². The average Bonchev–Trinajstić information content (AvgIpc) is 2.53. The standard InChI is InChI=1S/C10H19N5/c1-2-15-10(12-9-13-15)8-14-6-3-4-11-5-7-14/h9,11H,2-8H2,1H3. The van der Waals surface area contributed by atoms with E-state index < -0.39 is 0 Å². The third kappa shape index (κ3) is 2.76. The molecule has 0 spiro atoms. The van der Waals surface area contributed by atoms with Gasteiger partial charge in [-0.2, -0.15) is 5.10 Å². The quantitative estimate of drug-likeness (QED) is 0.766. The van der Waals surface area contributed by atoms with Gasteiger partial charge in [-0.25, -0.2) is 9.67 Å². The second-order valence-electron chi connectivity index (χ2n) is 3.87. The first-order valence-electron chi connectivity index (χ1n) is 5.70. The Morgan fingerprint density at radius 1 is 1.40 bits per heavy atom. The van der Waals surface area contributed by atoms with Crippen molar-refractivity contribution >= 4 is 0 Å². The fourth-order valence-corrected chi connectivity index (χ4v) is 1.93. The Kier molecular flexibility index (Phi) is 3.69. The van der Waals surface area contributed by atoms with Gasteiger partial charge in [0.1, 0.15) is 12.2 Å². The second kappa shape index (κ2) is 5.23. The minimum Gasteiger partial charge on any atom is -0.315 e. The lowest BCUT2D eigenvalue weighted by molar-refractivity contribution is 0.271. The van der Waals surface area contributed by atoms with Crippen molar-refractivity contribution in [3.63, 3.8) is 0 Å². The van der Waals surface area contributed by atoms with Gasteiger partial charge < -0.3 is 5.32 Å². The van der Waals surface area contributed by atoms with Crippen molar-refractivity contribution in [1.82, 2.24) is 25.0 Å². The van der Waals surface area contributed by atoms with E-state index in [1.165, 1.54) is 6.42 Å². The lowest BCUT2D eigenvalue weighted by Crippen LogP contribution is -2.29. The van der Waals surface area contributed by atoms with E-state index in [-0.39, 0.29) is 0 Å². The zero-order valence-electron chi connectivity index (χ0n) is 9.32. The van der Waals surface area contributed by atoms with Crippen molar-refractivity contribution in [3.05, 3.63) is 12.2 Å². The highest BCUT2D eigenvalue weighted by Gasteiger charge is 2.11. The summed E-state index contributed by atoms with van der Waals surface area (Å²) in [7, 11) is 0. The molecule has 0 aromatic carbocycles. The lowest BCUT2D eigenvalue weighted by atomic mass is 10.4. The van der Waals surface area contributed by atoms with Crippen LogP contribution in [-0.4, -0.2) is 45.8 Å². The predicted molar refractivity (Wildman–Crippen MR) is 58.5 cm³/mol. The molecule has 1 fully saturated rings. The zero-order valence-corrected chi connectivity index (χ0v) is 9.32. The monoisotopic (exact) mass is 209 g/mol. The summed E-state index contributed by atoms with van der Waals surface area (Å²) >= 11 is 0. The van der Waals surface area contributed by atoms with Gasteiger partial charge >= 0.3 is 0 Å². The van der Waals surface area contributed by atoms with Gasteiger partial charge in [-0.3, -0.25) is 4.90 Å². The largest absolute Gasteiger partial charge is 0.315 e. The van der Waals surface area contributed by atoms with Crippen LogP contribution in [0.2, 0.25) is 0 Å². The smallest absolute Gasteiger partial charge is 0.140 e. The van der Waals surface area contributed by atoms with Gasteiger partial charge in [0.15, 0.2) is 0 Å². The molecule has 1 aromatic rings. The van der Waals surface area contributed by atoms with Gasteiger partial charge in [-0.1, -0.05) is 0 Å². The van der Waals surface area contributed by atoms with Gasteiger partial charge in [0.2, 0.25) is 0 Å². The van der Waals surface area contributed by atoms with Crippen LogP contribution in [0.5, 0.6) is 0 Å². The van der Waals surface area contributed by atoms with E-state index in [0.717, 1.165) is 45.1 Å². The van der Waals surface area contributed by atoms with Crippen LogP contribution in [0.15, 0.2) is 6.33 Å². The summed E-state index contributed by atoms with van der Waals surface area (Å²) in [6.07, 6.45) is 2.87. The minimum atomic E-state index is 0.904. The van der Waals surface area contributed by atoms with Gasteiger partial charge in [0, 0.05) is 19.6 Å². The van der Waals surface area contributed by atoms with Gasteiger partial charge in [-0.15, -0.1) is 0 Å². The number of aryl methyl sites for hydroxylation is 1. The Morgan fingerprint density at radius 3 is 3.20 bits per heavy atom. The molecule has 5 nitrogen and oxygen atoms in total. The fourth-order valence-electron chi connectivity index (χ4n) is 1.93. The van der Waals surface area contributed by atoms with Crippen LogP contribution >= 0.6 is 0 Å². The van der Waals surface area contributed by atoms with E-state index in [9.17, 15) is 0 Å². The molecule has 15 heavy (non-hydrogen) atoms. The summed E-state index contributed by atoms with van der Waals surface area (Å²) in [4.78, 5) is 6.74. The normalized spacial score (nSPS) is 19.0. The number of hydrogen-bond acceptors (Lipinski definition) is 4. The molecule has 0 amide bonds. The Bertz CT molecular complexity index is 288. The first-order chi connectivity index (χ1) is 7.40. The molecule has 0 bridgehead atoms. The fraction of sp³-hybridized carbons (Fsp3) is 0.800. The van der Waals surface area contributed by atoms with E-state index >= 15 is 0 Å². The Morgan fingerprint density at radius 2 is 2.33 bits per heavy atom. The molecule has 1 saturated heterocycles. The van der Waals surface area contributed by atoms with Crippen LogP contribution in [0.4, 0.5) is 0 Å². The van der Waals surface area contributed by atoms with E-state index in [1.54, 1.807) is 6.33 Å². The molecule has 0 aliphatic carbocycles. The maximum Gasteiger partial charge on any atom is 0.140 e. The van der Waals surface area contributed by atoms with Gasteiger partial charge in [0.25, 0.3) is 0 Å². The second-order valence-corrected chi connectivity index (χ2v) is 3.87. The van der Waals surface area contributed by atoms with Crippen molar-refractivity contribution in [1.29, 1.82) is 0 Å². The van der Waals surface area contributed by atoms with Gasteiger partial charge in [-0.05, 0) is 26.4 Å². The van der Waals surface area contributed by atoms with Crippen LogP contribution in [0, 0.1) is 0 Å². The number of nitrogens with one attached hydrogen (secondary N) is 1. The summed E-state index contributed by atoms with van der Waals surface area (Å²) in [6, 6.07) is 0. The first-order valence-corrected chi connectivity index (χ1v) is 5.70. The summed E-state index contributed by atoms with van der Waals surface area (Å²) in [5.41, 5.74) is 0. The lowest BCUT2D eigenvalue weighted by Gasteiger charge is -2.18. The van der Waals surface area contributed by atoms with Crippen molar-refractivity contribution in [3.8, 4) is 0 Å². The van der Waals surface area contributed by atoms with Crippen LogP contribution in [0.1, 0.15) is 19.2 Å². The minimum absolute atomic E-state index is 0.904. The van der Waals surface area contributed by atoms with E-state index in [4.69, 9.17) is 0 Å². The average molecular weight is 209 g/mol. The molecule has 0 atom stereocenters. The number of rotatable bonds is 3. The maximum absolute atomic E-state index is 4.30. The van der Waals surface area contributed by atoms with Crippen LogP contribution < -0.4 is 5.32 Å². The summed E-state index contributed by atoms with van der Waals surface area (Å²) in [5, 5.41) is 7.59. The molecule has 5 heteroatoms. The SMILES string of the molecule is CCn1ncnc1CN1CCCNCC1. The van der Waals surface area contributed by atoms with E-state index in [1.807, 2.05) is 4.68 Å². The van der Waals surface area contributed by atoms with Gasteiger partial charge in [0.05, 0.1) is 6.54 Å². The van der Waals surface area contributed by atoms with Crippen LogP contribution in [0.25, 0.3) is 0 Å². The predicted octanol–water partition coefficient (Wildman–Crippen LogP) is 0.0933. The van der Waals surface area contributed by atoms with Crippen molar-refractivity contribution in [2.75, 3.05) is 26.2 Å². The maximum atomic E-state index is 4.30. The Hall–Kier alpha value is -0.940. The highest BCUT2D eigenvalue weighted by molar-refractivity contribution is 4.85. The molecular weight excluding hydrogens is 190 g/mol. The zero-order chi connectivity index (χ0) is 10.5. The molecule has 1 aliphatic rings. The molecular formula is C10H19N5. The Balaban J connectivity index is 1.94. The highest BCUT2D eigenvalue weighted by atomic mass is 15.3. The number of aromatic nitrogens is 3. The summed E-state index contributed by atoms with van der Waals surface area (Å²) < 4.78 is 1.97. The molecule has 0 saturated carbocycles. The number of nitrogens with zero attached hydrogens (tertiary/aromatic N) is 4. The number of hydrogen-bond donors (Lipinski definition) is 1. The molecule has 84 valence electrons. The van der Waals surface area contributed by atoms with E-state index in [0.29, 0.717) is 0 Å². The molecule has 0 radical (unpaired) electrons. The third-order valence-electron chi connectivity index (χ3n) is 2.79. The van der Waals surface area contributed by atoms with Crippen LogP contribution in [-0.2, 0) is 13.1 Å². The first kappa shape index (κ1) is 10.6. The van der Waals surface area contributed by atoms with Crippen molar-refractivity contribution < 1.29 is 0 Å². The highest BCUT2D eigenvalue weighted by Crippen LogP contribution is 2.03.